The van der Waals surface area contributed by atoms with E-state index in [9.17, 15) is 19.5 Å². The summed E-state index contributed by atoms with van der Waals surface area (Å²) in [6.45, 7) is 2.52. The maximum Gasteiger partial charge on any atom is 0.244 e. The number of nitrogens with one attached hydrogen (secondary N) is 1. The number of aliphatic hydroxyl groups excluding tert-OH is 1. The van der Waals surface area contributed by atoms with Gasteiger partial charge in [0.25, 0.3) is 0 Å². The van der Waals surface area contributed by atoms with Crippen molar-refractivity contribution < 1.29 is 24.2 Å². The van der Waals surface area contributed by atoms with E-state index in [4.69, 9.17) is 4.74 Å². The van der Waals surface area contributed by atoms with E-state index >= 15 is 0 Å². The lowest BCUT2D eigenvalue weighted by molar-refractivity contribution is -0.141. The van der Waals surface area contributed by atoms with Crippen molar-refractivity contribution in [2.75, 3.05) is 0 Å². The first-order chi connectivity index (χ1) is 14.5. The molecule has 7 nitrogen and oxygen atoms in total. The lowest BCUT2D eigenvalue weighted by Gasteiger charge is -2.31. The molecule has 2 N–H and O–H groups in total. The second-order valence-corrected chi connectivity index (χ2v) is 7.60. The third kappa shape index (κ3) is 3.86. The molecule has 0 saturated carbocycles. The smallest absolute Gasteiger partial charge is 0.244 e. The molecule has 7 heteroatoms. The van der Waals surface area contributed by atoms with Crippen LogP contribution >= 0.6 is 0 Å². The highest BCUT2D eigenvalue weighted by atomic mass is 16.5. The Morgan fingerprint density at radius 2 is 1.97 bits per heavy atom. The van der Waals surface area contributed by atoms with Crippen LogP contribution in [-0.4, -0.2) is 33.6 Å². The standard InChI is InChI=1S/C23H24N2O5/c1-2-19(26)15-8-6-14(7-9-15)13-30-20-5-3-4-16-17(20)12-25(23(16)29)18-10-11-21(27)24-22(18)28/h3-9,18,23,29H,2,10-13H2,1H3,(H,24,27,28). The van der Waals surface area contributed by atoms with Crippen molar-refractivity contribution in [3.05, 3.63) is 64.7 Å². The van der Waals surface area contributed by atoms with Crippen LogP contribution in [0.5, 0.6) is 5.75 Å². The van der Waals surface area contributed by atoms with Crippen molar-refractivity contribution in [1.82, 2.24) is 10.2 Å². The van der Waals surface area contributed by atoms with Gasteiger partial charge in [-0.05, 0) is 18.1 Å². The summed E-state index contributed by atoms with van der Waals surface area (Å²) in [7, 11) is 0. The lowest BCUT2D eigenvalue weighted by atomic mass is 10.0. The number of aliphatic hydroxyl groups is 1. The van der Waals surface area contributed by atoms with Gasteiger partial charge in [0.15, 0.2) is 5.78 Å². The highest BCUT2D eigenvalue weighted by molar-refractivity contribution is 6.00. The van der Waals surface area contributed by atoms with Crippen LogP contribution in [0.15, 0.2) is 42.5 Å². The molecule has 0 bridgehead atoms. The van der Waals surface area contributed by atoms with Gasteiger partial charge in [0, 0.05) is 36.1 Å². The van der Waals surface area contributed by atoms with Crippen LogP contribution in [0, 0.1) is 0 Å². The van der Waals surface area contributed by atoms with Gasteiger partial charge in [-0.3, -0.25) is 24.6 Å². The summed E-state index contributed by atoms with van der Waals surface area (Å²) in [5.74, 6) is 0.0985. The average Bonchev–Trinajstić information content (AvgIpc) is 3.09. The molecule has 0 radical (unpaired) electrons. The van der Waals surface area contributed by atoms with Gasteiger partial charge in [-0.25, -0.2) is 0 Å². The highest BCUT2D eigenvalue weighted by Gasteiger charge is 2.40. The Bertz CT molecular complexity index is 986. The van der Waals surface area contributed by atoms with Gasteiger partial charge in [-0.2, -0.15) is 0 Å². The minimum atomic E-state index is -0.924. The fourth-order valence-corrected chi connectivity index (χ4v) is 4.01. The van der Waals surface area contributed by atoms with Gasteiger partial charge in [0.2, 0.25) is 11.8 Å². The summed E-state index contributed by atoms with van der Waals surface area (Å²) in [4.78, 5) is 37.1. The molecule has 2 unspecified atom stereocenters. The van der Waals surface area contributed by atoms with Crippen molar-refractivity contribution in [1.29, 1.82) is 0 Å². The number of hydrogen-bond donors (Lipinski definition) is 2. The van der Waals surface area contributed by atoms with Gasteiger partial charge in [0.1, 0.15) is 18.6 Å². The second kappa shape index (κ2) is 8.38. The summed E-state index contributed by atoms with van der Waals surface area (Å²) in [5.41, 5.74) is 3.17. The Labute approximate surface area is 174 Å². The largest absolute Gasteiger partial charge is 0.489 e. The van der Waals surface area contributed by atoms with Crippen molar-refractivity contribution in [3.63, 3.8) is 0 Å². The van der Waals surface area contributed by atoms with Crippen LogP contribution in [0.1, 0.15) is 59.5 Å². The predicted octanol–water partition coefficient (Wildman–Crippen LogP) is 2.47. The molecule has 0 aromatic heterocycles. The zero-order chi connectivity index (χ0) is 21.3. The fraction of sp³-hybridized carbons (Fsp3) is 0.348. The van der Waals surface area contributed by atoms with E-state index in [0.717, 1.165) is 11.1 Å². The Morgan fingerprint density at radius 3 is 2.67 bits per heavy atom. The Balaban J connectivity index is 1.47. The molecule has 1 fully saturated rings. The molecule has 1 saturated heterocycles. The van der Waals surface area contributed by atoms with Gasteiger partial charge < -0.3 is 9.84 Å². The van der Waals surface area contributed by atoms with Crippen LogP contribution in [0.4, 0.5) is 0 Å². The minimum absolute atomic E-state index is 0.103. The summed E-state index contributed by atoms with van der Waals surface area (Å²) < 4.78 is 6.01. The number of ether oxygens (including phenoxy) is 1. The number of ketones is 1. The molecule has 2 aromatic rings. The van der Waals surface area contributed by atoms with E-state index in [0.29, 0.717) is 42.9 Å². The molecule has 2 aromatic carbocycles. The third-order valence-corrected chi connectivity index (χ3v) is 5.70. The SMILES string of the molecule is CCC(=O)c1ccc(COc2cccc3c2CN(C2CCC(=O)NC2=O)C3O)cc1. The summed E-state index contributed by atoms with van der Waals surface area (Å²) in [6, 6.07) is 12.3. The van der Waals surface area contributed by atoms with E-state index in [1.165, 1.54) is 0 Å². The average molecular weight is 408 g/mol. The number of benzene rings is 2. The molecular formula is C23H24N2O5. The second-order valence-electron chi connectivity index (χ2n) is 7.60. The number of carbonyl (C=O) groups excluding carboxylic acids is 3. The van der Waals surface area contributed by atoms with Crippen LogP contribution in [-0.2, 0) is 22.7 Å². The van der Waals surface area contributed by atoms with Crippen molar-refractivity contribution in [3.8, 4) is 5.75 Å². The zero-order valence-electron chi connectivity index (χ0n) is 16.8. The molecule has 4 rings (SSSR count). The van der Waals surface area contributed by atoms with Gasteiger partial charge >= 0.3 is 0 Å². The van der Waals surface area contributed by atoms with E-state index < -0.39 is 12.3 Å². The maximum absolute atomic E-state index is 12.2. The molecule has 2 aliphatic heterocycles. The van der Waals surface area contributed by atoms with Crippen molar-refractivity contribution in [2.45, 2.75) is 51.6 Å². The fourth-order valence-electron chi connectivity index (χ4n) is 4.01. The minimum Gasteiger partial charge on any atom is -0.489 e. The van der Waals surface area contributed by atoms with Crippen molar-refractivity contribution >= 4 is 17.6 Å². The monoisotopic (exact) mass is 408 g/mol. The molecule has 0 aliphatic carbocycles. The van der Waals surface area contributed by atoms with E-state index in [1.54, 1.807) is 17.0 Å². The van der Waals surface area contributed by atoms with Crippen LogP contribution < -0.4 is 10.1 Å². The summed E-state index contributed by atoms with van der Waals surface area (Å²) in [5, 5.41) is 13.1. The normalized spacial score (nSPS) is 21.3. The van der Waals surface area contributed by atoms with E-state index in [2.05, 4.69) is 5.32 Å². The van der Waals surface area contributed by atoms with Crippen LogP contribution in [0.3, 0.4) is 0 Å². The molecule has 2 amide bonds. The van der Waals surface area contributed by atoms with Gasteiger partial charge in [-0.1, -0.05) is 43.3 Å². The van der Waals surface area contributed by atoms with Crippen LogP contribution in [0.2, 0.25) is 0 Å². The molecular weight excluding hydrogens is 384 g/mol. The van der Waals surface area contributed by atoms with Crippen molar-refractivity contribution in [2.24, 2.45) is 0 Å². The van der Waals surface area contributed by atoms with E-state index in [1.807, 2.05) is 37.3 Å². The zero-order valence-corrected chi connectivity index (χ0v) is 16.8. The van der Waals surface area contributed by atoms with E-state index in [-0.39, 0.29) is 24.0 Å². The molecule has 2 atom stereocenters. The van der Waals surface area contributed by atoms with Crippen LogP contribution in [0.25, 0.3) is 0 Å². The number of nitrogens with zero attached hydrogens (tertiary/aromatic N) is 1. The first-order valence-electron chi connectivity index (χ1n) is 10.1. The Morgan fingerprint density at radius 1 is 1.20 bits per heavy atom. The predicted molar refractivity (Wildman–Crippen MR) is 109 cm³/mol. The molecule has 2 heterocycles. The Hall–Kier alpha value is -3.03. The Kier molecular flexibility index (Phi) is 5.65. The maximum atomic E-state index is 12.2. The highest BCUT2D eigenvalue weighted by Crippen LogP contribution is 2.39. The van der Waals surface area contributed by atoms with Gasteiger partial charge in [-0.15, -0.1) is 0 Å². The van der Waals surface area contributed by atoms with Gasteiger partial charge in [0.05, 0.1) is 6.04 Å². The number of piperidine rings is 1. The molecule has 2 aliphatic rings. The number of Topliss-reactive ketones (excluding diaryl/α,β-unsaturated/α-hetero) is 1. The first kappa shape index (κ1) is 20.3. The molecule has 30 heavy (non-hydrogen) atoms. The summed E-state index contributed by atoms with van der Waals surface area (Å²) in [6.07, 6.45) is 0.189. The summed E-state index contributed by atoms with van der Waals surface area (Å²) >= 11 is 0. The molecule has 156 valence electrons. The quantitative estimate of drug-likeness (QED) is 0.563. The topological polar surface area (TPSA) is 95.9 Å². The number of carbonyl (C=O) groups is 3. The number of imide groups is 1. The lowest BCUT2D eigenvalue weighted by Crippen LogP contribution is -2.51. The first-order valence-corrected chi connectivity index (χ1v) is 10.1. The number of amides is 2. The number of rotatable bonds is 6. The molecule has 0 spiro atoms. The number of hydrogen-bond acceptors (Lipinski definition) is 6. The number of fused-ring (bicyclic) bond motifs is 1. The third-order valence-electron chi connectivity index (χ3n) is 5.70.